The number of rotatable bonds is 6. The summed E-state index contributed by atoms with van der Waals surface area (Å²) in [6.07, 6.45) is 1.35. The lowest BCUT2D eigenvalue weighted by Crippen LogP contribution is -2.25. The number of ether oxygens (including phenoxy) is 1. The van der Waals surface area contributed by atoms with E-state index < -0.39 is 10.8 Å². The number of carbonyl (C=O) groups is 1. The normalized spacial score (nSPS) is 11.4. The maximum absolute atomic E-state index is 12.0. The Morgan fingerprint density at radius 2 is 2.00 bits per heavy atom. The fourth-order valence-corrected chi connectivity index (χ4v) is 2.44. The highest BCUT2D eigenvalue weighted by Crippen LogP contribution is 2.32. The second kappa shape index (κ2) is 8.44. The zero-order chi connectivity index (χ0) is 20.0. The Morgan fingerprint density at radius 1 is 1.26 bits per heavy atom. The Labute approximate surface area is 158 Å². The number of hydrazone groups is 1. The molecule has 0 bridgehead atoms. The van der Waals surface area contributed by atoms with Crippen LogP contribution in [0.2, 0.25) is 0 Å². The van der Waals surface area contributed by atoms with Crippen LogP contribution in [-0.2, 0) is 10.2 Å². The SMILES string of the molecule is Cc1ccc(C(C)(C)C)c(OCC(=O)NN=Cc2cccc([N+](=O)[O-])c2)c1. The third-order valence-corrected chi connectivity index (χ3v) is 3.79. The van der Waals surface area contributed by atoms with Gasteiger partial charge in [-0.25, -0.2) is 5.43 Å². The fraction of sp³-hybridized carbons (Fsp3) is 0.300. The van der Waals surface area contributed by atoms with Crippen LogP contribution in [0.4, 0.5) is 5.69 Å². The molecule has 0 spiro atoms. The Bertz CT molecular complexity index is 870. The molecule has 0 saturated carbocycles. The first kappa shape index (κ1) is 20.1. The summed E-state index contributed by atoms with van der Waals surface area (Å²) in [5, 5.41) is 14.6. The van der Waals surface area contributed by atoms with E-state index in [1.165, 1.54) is 18.3 Å². The number of carbonyl (C=O) groups excluding carboxylic acids is 1. The second-order valence-electron chi connectivity index (χ2n) is 7.18. The first-order valence-electron chi connectivity index (χ1n) is 8.47. The Kier molecular flexibility index (Phi) is 6.28. The van der Waals surface area contributed by atoms with Gasteiger partial charge in [0.25, 0.3) is 11.6 Å². The van der Waals surface area contributed by atoms with Crippen LogP contribution >= 0.6 is 0 Å². The van der Waals surface area contributed by atoms with E-state index in [-0.39, 0.29) is 17.7 Å². The number of aryl methyl sites for hydroxylation is 1. The fourth-order valence-electron chi connectivity index (χ4n) is 2.44. The van der Waals surface area contributed by atoms with Gasteiger partial charge in [-0.3, -0.25) is 14.9 Å². The van der Waals surface area contributed by atoms with E-state index in [4.69, 9.17) is 4.74 Å². The van der Waals surface area contributed by atoms with Crippen molar-refractivity contribution in [2.45, 2.75) is 33.1 Å². The lowest BCUT2D eigenvalue weighted by Gasteiger charge is -2.23. The minimum Gasteiger partial charge on any atom is -0.483 e. The van der Waals surface area contributed by atoms with Gasteiger partial charge < -0.3 is 4.74 Å². The number of hydrogen-bond donors (Lipinski definition) is 1. The van der Waals surface area contributed by atoms with Gasteiger partial charge in [-0.1, -0.05) is 45.0 Å². The van der Waals surface area contributed by atoms with E-state index in [1.807, 2.05) is 25.1 Å². The molecule has 0 aliphatic rings. The number of benzene rings is 2. The van der Waals surface area contributed by atoms with Crippen molar-refractivity contribution in [1.29, 1.82) is 0 Å². The number of nitro benzene ring substituents is 1. The zero-order valence-electron chi connectivity index (χ0n) is 15.9. The van der Waals surface area contributed by atoms with Crippen molar-refractivity contribution >= 4 is 17.8 Å². The predicted molar refractivity (Wildman–Crippen MR) is 104 cm³/mol. The molecule has 0 radical (unpaired) electrons. The van der Waals surface area contributed by atoms with Gasteiger partial charge in [0.2, 0.25) is 0 Å². The summed E-state index contributed by atoms with van der Waals surface area (Å²) in [7, 11) is 0. The molecule has 0 aliphatic heterocycles. The molecule has 7 nitrogen and oxygen atoms in total. The van der Waals surface area contributed by atoms with Crippen LogP contribution < -0.4 is 10.2 Å². The number of nitrogens with zero attached hydrogens (tertiary/aromatic N) is 2. The van der Waals surface area contributed by atoms with Gasteiger partial charge in [-0.15, -0.1) is 0 Å². The maximum Gasteiger partial charge on any atom is 0.277 e. The van der Waals surface area contributed by atoms with Crippen LogP contribution in [-0.4, -0.2) is 23.7 Å². The second-order valence-corrected chi connectivity index (χ2v) is 7.18. The molecule has 0 aromatic heterocycles. The predicted octanol–water partition coefficient (Wildman–Crippen LogP) is 3.73. The van der Waals surface area contributed by atoms with Crippen molar-refractivity contribution in [1.82, 2.24) is 5.43 Å². The van der Waals surface area contributed by atoms with Crippen LogP contribution in [0, 0.1) is 17.0 Å². The average molecular weight is 369 g/mol. The number of nitro groups is 1. The molecule has 7 heteroatoms. The monoisotopic (exact) mass is 369 g/mol. The highest BCUT2D eigenvalue weighted by Gasteiger charge is 2.19. The van der Waals surface area contributed by atoms with Crippen molar-refractivity contribution in [2.24, 2.45) is 5.10 Å². The molecule has 0 fully saturated rings. The third kappa shape index (κ3) is 5.91. The number of amides is 1. The lowest BCUT2D eigenvalue weighted by atomic mass is 9.86. The molecule has 2 rings (SSSR count). The quantitative estimate of drug-likeness (QED) is 0.477. The summed E-state index contributed by atoms with van der Waals surface area (Å²) in [6.45, 7) is 8.01. The van der Waals surface area contributed by atoms with Gasteiger partial charge in [0.1, 0.15) is 5.75 Å². The minimum absolute atomic E-state index is 0.0391. The average Bonchev–Trinajstić information content (AvgIpc) is 2.59. The first-order chi connectivity index (χ1) is 12.7. The number of non-ortho nitro benzene ring substituents is 1. The summed E-state index contributed by atoms with van der Waals surface area (Å²) in [5.41, 5.74) is 4.78. The van der Waals surface area contributed by atoms with Crippen LogP contribution in [0.25, 0.3) is 0 Å². The topological polar surface area (TPSA) is 93.8 Å². The molecule has 0 saturated heterocycles. The van der Waals surface area contributed by atoms with E-state index >= 15 is 0 Å². The van der Waals surface area contributed by atoms with Crippen LogP contribution in [0.5, 0.6) is 5.75 Å². The molecule has 0 unspecified atom stereocenters. The van der Waals surface area contributed by atoms with Crippen LogP contribution in [0.1, 0.15) is 37.5 Å². The molecular weight excluding hydrogens is 346 g/mol. The molecular formula is C20H23N3O4. The summed E-state index contributed by atoms with van der Waals surface area (Å²) in [5.74, 6) is 0.248. The Morgan fingerprint density at radius 3 is 2.67 bits per heavy atom. The molecule has 0 heterocycles. The molecule has 1 amide bonds. The highest BCUT2D eigenvalue weighted by atomic mass is 16.6. The molecule has 27 heavy (non-hydrogen) atoms. The Hall–Kier alpha value is -3.22. The van der Waals surface area contributed by atoms with Crippen LogP contribution in [0.3, 0.4) is 0 Å². The third-order valence-electron chi connectivity index (χ3n) is 3.79. The standard InChI is InChI=1S/C20H23N3O4/c1-14-8-9-17(20(2,3)4)18(10-14)27-13-19(24)22-21-12-15-6-5-7-16(11-15)23(25)26/h5-12H,13H2,1-4H3,(H,22,24). The van der Waals surface area contributed by atoms with Gasteiger partial charge in [0.15, 0.2) is 6.61 Å². The molecule has 2 aromatic rings. The molecule has 2 aromatic carbocycles. The van der Waals surface area contributed by atoms with Crippen molar-refractivity contribution in [3.05, 3.63) is 69.3 Å². The molecule has 0 atom stereocenters. The summed E-state index contributed by atoms with van der Waals surface area (Å²) in [4.78, 5) is 22.2. The van der Waals surface area contributed by atoms with Gasteiger partial charge in [-0.05, 0) is 29.5 Å². The Balaban J connectivity index is 1.96. The van der Waals surface area contributed by atoms with Gasteiger partial charge >= 0.3 is 0 Å². The van der Waals surface area contributed by atoms with Crippen molar-refractivity contribution in [3.8, 4) is 5.75 Å². The van der Waals surface area contributed by atoms with Gasteiger partial charge in [0, 0.05) is 17.7 Å². The maximum atomic E-state index is 12.0. The summed E-state index contributed by atoms with van der Waals surface area (Å²) in [6, 6.07) is 11.9. The van der Waals surface area contributed by atoms with E-state index in [1.54, 1.807) is 12.1 Å². The molecule has 142 valence electrons. The highest BCUT2D eigenvalue weighted by molar-refractivity contribution is 5.83. The minimum atomic E-state index is -0.488. The van der Waals surface area contributed by atoms with E-state index in [0.717, 1.165) is 11.1 Å². The zero-order valence-corrected chi connectivity index (χ0v) is 15.9. The van der Waals surface area contributed by atoms with Crippen molar-refractivity contribution < 1.29 is 14.5 Å². The van der Waals surface area contributed by atoms with E-state index in [9.17, 15) is 14.9 Å². The van der Waals surface area contributed by atoms with E-state index in [2.05, 4.69) is 31.3 Å². The van der Waals surface area contributed by atoms with Gasteiger partial charge in [-0.2, -0.15) is 5.10 Å². The lowest BCUT2D eigenvalue weighted by molar-refractivity contribution is -0.384. The van der Waals surface area contributed by atoms with E-state index in [0.29, 0.717) is 11.3 Å². The summed E-state index contributed by atoms with van der Waals surface area (Å²) < 4.78 is 5.68. The largest absolute Gasteiger partial charge is 0.483 e. The first-order valence-corrected chi connectivity index (χ1v) is 8.47. The smallest absolute Gasteiger partial charge is 0.277 e. The van der Waals surface area contributed by atoms with Crippen molar-refractivity contribution in [2.75, 3.05) is 6.61 Å². The van der Waals surface area contributed by atoms with Gasteiger partial charge in [0.05, 0.1) is 11.1 Å². The number of nitrogens with one attached hydrogen (secondary N) is 1. The molecule has 0 aliphatic carbocycles. The summed E-state index contributed by atoms with van der Waals surface area (Å²) >= 11 is 0. The number of hydrogen-bond acceptors (Lipinski definition) is 5. The van der Waals surface area contributed by atoms with Crippen LogP contribution in [0.15, 0.2) is 47.6 Å². The van der Waals surface area contributed by atoms with Crippen molar-refractivity contribution in [3.63, 3.8) is 0 Å². The molecule has 1 N–H and O–H groups in total.